The third-order valence-corrected chi connectivity index (χ3v) is 0. The van der Waals surface area contributed by atoms with E-state index in [9.17, 15) is 0 Å². The third kappa shape index (κ3) is 44.5. The van der Waals surface area contributed by atoms with Gasteiger partial charge in [0.15, 0.2) is 0 Å². The van der Waals surface area contributed by atoms with Crippen molar-refractivity contribution in [3.8, 4) is 0 Å². The van der Waals surface area contributed by atoms with E-state index in [4.69, 9.17) is 9.90 Å². The first-order valence-corrected chi connectivity index (χ1v) is 0.928. The van der Waals surface area contributed by atoms with Crippen LogP contribution in [0.5, 0.6) is 0 Å². The van der Waals surface area contributed by atoms with E-state index in [1.165, 1.54) is 0 Å². The normalized spacial score (nSPS) is 4.17. The SMILES string of the molecule is CC(=O)O.[H-].[H-].[Sr+2].[Ti]. The van der Waals surface area contributed by atoms with E-state index in [0.29, 0.717) is 0 Å². The molecule has 0 aliphatic carbocycles. The molecule has 0 rings (SSSR count). The Hall–Kier alpha value is 1.66. The minimum absolute atomic E-state index is 0. The van der Waals surface area contributed by atoms with Gasteiger partial charge in [-0.2, -0.15) is 0 Å². The molecule has 0 atom stereocenters. The Morgan fingerprint density at radius 1 is 1.83 bits per heavy atom. The summed E-state index contributed by atoms with van der Waals surface area (Å²) in [5.74, 6) is -0.833. The quantitative estimate of drug-likeness (QED) is 0.552. The number of rotatable bonds is 0. The number of carbonyl (C=O) groups is 1. The molecule has 1 N–H and O–H groups in total. The molecule has 0 amide bonds. The first kappa shape index (κ1) is 15.6. The number of carboxylic acid groups (broad SMARTS) is 1. The molecule has 0 saturated carbocycles. The smallest absolute Gasteiger partial charge is 1.00 e. The molecule has 0 aliphatic heterocycles. The molecular weight excluding hydrogens is 192 g/mol. The van der Waals surface area contributed by atoms with Gasteiger partial charge in [-0.15, -0.1) is 0 Å². The minimum atomic E-state index is -0.833. The van der Waals surface area contributed by atoms with Crippen LogP contribution in [-0.4, -0.2) is 56.6 Å². The summed E-state index contributed by atoms with van der Waals surface area (Å²) in [5, 5.41) is 7.42. The van der Waals surface area contributed by atoms with Crippen molar-refractivity contribution in [2.24, 2.45) is 0 Å². The predicted octanol–water partition coefficient (Wildman–Crippen LogP) is -0.0674. The molecule has 0 bridgehead atoms. The van der Waals surface area contributed by atoms with Crippen LogP contribution < -0.4 is 0 Å². The minimum Gasteiger partial charge on any atom is -1.00 e. The molecule has 0 fully saturated rings. The molecule has 2 nitrogen and oxygen atoms in total. The maximum absolute atomic E-state index is 9.00. The van der Waals surface area contributed by atoms with E-state index in [1.807, 2.05) is 0 Å². The Morgan fingerprint density at radius 3 is 1.83 bits per heavy atom. The van der Waals surface area contributed by atoms with Crippen LogP contribution in [0.3, 0.4) is 0 Å². The van der Waals surface area contributed by atoms with Gasteiger partial charge in [0.2, 0.25) is 0 Å². The van der Waals surface area contributed by atoms with Crippen LogP contribution in [0.4, 0.5) is 0 Å². The molecule has 0 radical (unpaired) electrons. The van der Waals surface area contributed by atoms with E-state index in [1.54, 1.807) is 0 Å². The number of hydrogen-bond acceptors (Lipinski definition) is 1. The van der Waals surface area contributed by atoms with Crippen molar-refractivity contribution in [2.45, 2.75) is 6.92 Å². The summed E-state index contributed by atoms with van der Waals surface area (Å²) >= 11 is 0. The molecule has 0 heterocycles. The van der Waals surface area contributed by atoms with Crippen molar-refractivity contribution in [1.82, 2.24) is 0 Å². The van der Waals surface area contributed by atoms with Crippen LogP contribution >= 0.6 is 0 Å². The Bertz CT molecular complexity index is 41.0. The van der Waals surface area contributed by atoms with Crippen molar-refractivity contribution < 1.29 is 34.5 Å². The van der Waals surface area contributed by atoms with Crippen molar-refractivity contribution in [1.29, 1.82) is 0 Å². The zero-order valence-electron chi connectivity index (χ0n) is 5.56. The first-order chi connectivity index (χ1) is 1.73. The standard InChI is InChI=1S/C2H4O2.Sr.Ti.2H/c1-2(3)4;;;;/h1H3,(H,3,4);;;;/q;+2;;2*-1. The van der Waals surface area contributed by atoms with Crippen LogP contribution in [0.25, 0.3) is 0 Å². The van der Waals surface area contributed by atoms with E-state index in [2.05, 4.69) is 0 Å². The summed E-state index contributed by atoms with van der Waals surface area (Å²) in [4.78, 5) is 9.00. The van der Waals surface area contributed by atoms with Gasteiger partial charge in [-0.05, 0) is 0 Å². The molecule has 6 heavy (non-hydrogen) atoms. The Kier molecular flexibility index (Phi) is 25.6. The second-order valence-electron chi connectivity index (χ2n) is 0.519. The summed E-state index contributed by atoms with van der Waals surface area (Å²) < 4.78 is 0. The predicted molar refractivity (Wildman–Crippen MR) is 21.3 cm³/mol. The average molecular weight is 198 g/mol. The van der Waals surface area contributed by atoms with Crippen LogP contribution in [0.1, 0.15) is 9.78 Å². The largest absolute Gasteiger partial charge is 2.00 e. The molecule has 0 spiro atoms. The maximum Gasteiger partial charge on any atom is 2.00 e. The number of hydrogen-bond donors (Lipinski definition) is 1. The Morgan fingerprint density at radius 2 is 1.83 bits per heavy atom. The molecule has 0 aromatic heterocycles. The zero-order chi connectivity index (χ0) is 3.58. The van der Waals surface area contributed by atoms with Crippen LogP contribution in [0.2, 0.25) is 0 Å². The fourth-order valence-electron chi connectivity index (χ4n) is 0. The average Bonchev–Trinajstić information content (AvgIpc) is 0.811. The van der Waals surface area contributed by atoms with Gasteiger partial charge in [0.1, 0.15) is 0 Å². The van der Waals surface area contributed by atoms with Crippen LogP contribution in [0.15, 0.2) is 0 Å². The zero-order valence-corrected chi connectivity index (χ0v) is 8.60. The van der Waals surface area contributed by atoms with E-state index < -0.39 is 5.97 Å². The Labute approximate surface area is 91.4 Å². The first-order valence-electron chi connectivity index (χ1n) is 0.928. The van der Waals surface area contributed by atoms with Crippen LogP contribution in [-0.2, 0) is 26.5 Å². The second kappa shape index (κ2) is 9.83. The molecule has 0 aromatic carbocycles. The molecule has 0 aromatic rings. The van der Waals surface area contributed by atoms with Crippen molar-refractivity contribution in [3.63, 3.8) is 0 Å². The van der Waals surface area contributed by atoms with Gasteiger partial charge >= 0.3 is 45.5 Å². The molecule has 32 valence electrons. The van der Waals surface area contributed by atoms with Crippen molar-refractivity contribution in [2.75, 3.05) is 0 Å². The molecule has 0 aliphatic rings. The summed E-state index contributed by atoms with van der Waals surface area (Å²) in [5.41, 5.74) is 0. The second-order valence-corrected chi connectivity index (χ2v) is 0.519. The number of aliphatic carboxylic acids is 1. The molecule has 0 saturated heterocycles. The van der Waals surface area contributed by atoms with Gasteiger partial charge in [-0.25, -0.2) is 0 Å². The van der Waals surface area contributed by atoms with Gasteiger partial charge < -0.3 is 7.96 Å². The fourth-order valence-corrected chi connectivity index (χ4v) is 0. The van der Waals surface area contributed by atoms with Gasteiger partial charge in [0, 0.05) is 28.6 Å². The summed E-state index contributed by atoms with van der Waals surface area (Å²) in [6.07, 6.45) is 0. The van der Waals surface area contributed by atoms with Gasteiger partial charge in [-0.3, -0.25) is 4.79 Å². The third-order valence-electron chi connectivity index (χ3n) is 0. The summed E-state index contributed by atoms with van der Waals surface area (Å²) in [6.45, 7) is 1.08. The van der Waals surface area contributed by atoms with Gasteiger partial charge in [0.25, 0.3) is 5.97 Å². The molecular formula is C2H6O2SrTi. The number of carboxylic acids is 1. The van der Waals surface area contributed by atoms with Crippen molar-refractivity contribution >= 4 is 51.5 Å². The molecule has 0 unspecified atom stereocenters. The van der Waals surface area contributed by atoms with E-state index in [-0.39, 0.29) is 70.1 Å². The Balaban J connectivity index is -0.00000000750. The fraction of sp³-hybridized carbons (Fsp3) is 0.500. The van der Waals surface area contributed by atoms with Gasteiger partial charge in [-0.1, -0.05) is 0 Å². The van der Waals surface area contributed by atoms with E-state index >= 15 is 0 Å². The topological polar surface area (TPSA) is 37.3 Å². The van der Waals surface area contributed by atoms with Crippen molar-refractivity contribution in [3.05, 3.63) is 0 Å². The summed E-state index contributed by atoms with van der Waals surface area (Å²) in [6, 6.07) is 0. The monoisotopic (exact) mass is 198 g/mol. The maximum atomic E-state index is 9.00. The van der Waals surface area contributed by atoms with E-state index in [0.717, 1.165) is 6.92 Å². The summed E-state index contributed by atoms with van der Waals surface area (Å²) in [7, 11) is 0. The molecule has 4 heteroatoms. The van der Waals surface area contributed by atoms with Crippen LogP contribution in [0, 0.1) is 0 Å². The van der Waals surface area contributed by atoms with Gasteiger partial charge in [0.05, 0.1) is 0 Å².